The van der Waals surface area contributed by atoms with Crippen molar-refractivity contribution >= 4 is 28.4 Å². The molecule has 0 saturated carbocycles. The number of hydrogen-bond acceptors (Lipinski definition) is 5. The van der Waals surface area contributed by atoms with Crippen molar-refractivity contribution in [1.29, 1.82) is 0 Å². The SMILES string of the molecule is Cc1ccc(CNc2nc(SCc3ccccc3)ns2)cc1. The number of benzene rings is 2. The summed E-state index contributed by atoms with van der Waals surface area (Å²) in [6, 6.07) is 18.9. The van der Waals surface area contributed by atoms with Crippen LogP contribution < -0.4 is 5.32 Å². The van der Waals surface area contributed by atoms with Crippen molar-refractivity contribution in [2.45, 2.75) is 24.4 Å². The molecule has 0 amide bonds. The standard InChI is InChI=1S/C17H17N3S2/c1-13-7-9-14(10-8-13)11-18-16-19-17(20-22-16)21-12-15-5-3-2-4-6-15/h2-10H,11-12H2,1H3,(H,18,19,20). The van der Waals surface area contributed by atoms with Crippen LogP contribution in [0.2, 0.25) is 0 Å². The molecule has 0 aliphatic heterocycles. The van der Waals surface area contributed by atoms with Gasteiger partial charge in [-0.3, -0.25) is 0 Å². The highest BCUT2D eigenvalue weighted by Crippen LogP contribution is 2.23. The molecule has 3 aromatic rings. The second-order valence-corrected chi connectivity index (χ2v) is 6.69. The third kappa shape index (κ3) is 4.32. The molecule has 5 heteroatoms. The van der Waals surface area contributed by atoms with Crippen LogP contribution in [0, 0.1) is 6.92 Å². The van der Waals surface area contributed by atoms with Crippen LogP contribution >= 0.6 is 23.3 Å². The van der Waals surface area contributed by atoms with Crippen LogP contribution in [-0.4, -0.2) is 9.36 Å². The van der Waals surface area contributed by atoms with Crippen molar-refractivity contribution in [2.24, 2.45) is 0 Å². The number of aromatic nitrogens is 2. The Hall–Kier alpha value is -1.85. The third-order valence-electron chi connectivity index (χ3n) is 3.18. The first-order chi connectivity index (χ1) is 10.8. The van der Waals surface area contributed by atoms with Gasteiger partial charge in [0.05, 0.1) is 0 Å². The molecule has 0 spiro atoms. The number of aryl methyl sites for hydroxylation is 1. The highest BCUT2D eigenvalue weighted by atomic mass is 32.2. The first-order valence-electron chi connectivity index (χ1n) is 7.09. The van der Waals surface area contributed by atoms with Crippen LogP contribution in [0.4, 0.5) is 5.13 Å². The Morgan fingerprint density at radius 2 is 1.77 bits per heavy atom. The van der Waals surface area contributed by atoms with Gasteiger partial charge >= 0.3 is 0 Å². The Bertz CT molecular complexity index is 708. The maximum atomic E-state index is 4.52. The second-order valence-electron chi connectivity index (χ2n) is 5.00. The summed E-state index contributed by atoms with van der Waals surface area (Å²) in [6.45, 7) is 2.87. The lowest BCUT2D eigenvalue weighted by Crippen LogP contribution is -1.98. The van der Waals surface area contributed by atoms with Crippen molar-refractivity contribution in [3.05, 3.63) is 71.3 Å². The van der Waals surface area contributed by atoms with Crippen LogP contribution in [0.25, 0.3) is 0 Å². The minimum atomic E-state index is 0.776. The molecular formula is C17H17N3S2. The average molecular weight is 327 g/mol. The Kier molecular flexibility index (Phi) is 5.08. The molecule has 0 saturated heterocycles. The Labute approximate surface area is 139 Å². The van der Waals surface area contributed by atoms with Gasteiger partial charge in [-0.15, -0.1) is 0 Å². The summed E-state index contributed by atoms with van der Waals surface area (Å²) in [4.78, 5) is 4.52. The molecule has 1 aromatic heterocycles. The average Bonchev–Trinajstić information content (AvgIpc) is 3.01. The second kappa shape index (κ2) is 7.42. The minimum Gasteiger partial charge on any atom is -0.356 e. The van der Waals surface area contributed by atoms with Gasteiger partial charge in [-0.1, -0.05) is 71.9 Å². The van der Waals surface area contributed by atoms with E-state index in [1.807, 2.05) is 6.07 Å². The number of thioether (sulfide) groups is 1. The molecule has 22 heavy (non-hydrogen) atoms. The van der Waals surface area contributed by atoms with Crippen LogP contribution in [0.1, 0.15) is 16.7 Å². The van der Waals surface area contributed by atoms with E-state index in [0.29, 0.717) is 0 Å². The van der Waals surface area contributed by atoms with Gasteiger partial charge in [0.2, 0.25) is 10.3 Å². The molecule has 3 nitrogen and oxygen atoms in total. The van der Waals surface area contributed by atoms with Crippen molar-refractivity contribution in [2.75, 3.05) is 5.32 Å². The number of rotatable bonds is 6. The molecule has 0 unspecified atom stereocenters. The normalized spacial score (nSPS) is 10.6. The quantitative estimate of drug-likeness (QED) is 0.663. The monoisotopic (exact) mass is 327 g/mol. The molecule has 0 aliphatic carbocycles. The van der Waals surface area contributed by atoms with E-state index in [0.717, 1.165) is 22.6 Å². The summed E-state index contributed by atoms with van der Waals surface area (Å²) in [5.41, 5.74) is 3.81. The van der Waals surface area contributed by atoms with E-state index < -0.39 is 0 Å². The first kappa shape index (κ1) is 15.1. The maximum absolute atomic E-state index is 4.52. The summed E-state index contributed by atoms with van der Waals surface area (Å²) in [7, 11) is 0. The van der Waals surface area contributed by atoms with Crippen molar-refractivity contribution in [3.63, 3.8) is 0 Å². The fraction of sp³-hybridized carbons (Fsp3) is 0.176. The number of nitrogens with zero attached hydrogens (tertiary/aromatic N) is 2. The summed E-state index contributed by atoms with van der Waals surface area (Å²) in [5.74, 6) is 0.898. The molecular weight excluding hydrogens is 310 g/mol. The lowest BCUT2D eigenvalue weighted by Gasteiger charge is -2.02. The summed E-state index contributed by atoms with van der Waals surface area (Å²) < 4.78 is 4.39. The van der Waals surface area contributed by atoms with Gasteiger partial charge in [0, 0.05) is 23.8 Å². The predicted molar refractivity (Wildman–Crippen MR) is 94.4 cm³/mol. The molecule has 1 heterocycles. The smallest absolute Gasteiger partial charge is 0.203 e. The highest BCUT2D eigenvalue weighted by Gasteiger charge is 2.05. The van der Waals surface area contributed by atoms with Crippen LogP contribution in [0.15, 0.2) is 59.8 Å². The van der Waals surface area contributed by atoms with Crippen LogP contribution in [0.5, 0.6) is 0 Å². The number of nitrogens with one attached hydrogen (secondary N) is 1. The van der Waals surface area contributed by atoms with Gasteiger partial charge in [0.15, 0.2) is 0 Å². The minimum absolute atomic E-state index is 0.776. The molecule has 0 radical (unpaired) electrons. The molecule has 0 fully saturated rings. The summed E-state index contributed by atoms with van der Waals surface area (Å²) in [5, 5.41) is 5.04. The van der Waals surface area contributed by atoms with E-state index in [1.165, 1.54) is 28.2 Å². The van der Waals surface area contributed by atoms with E-state index in [1.54, 1.807) is 11.8 Å². The van der Waals surface area contributed by atoms with Gasteiger partial charge in [-0.2, -0.15) is 9.36 Å². The predicted octanol–water partition coefficient (Wildman–Crippen LogP) is 4.75. The number of anilines is 1. The molecule has 112 valence electrons. The Balaban J connectivity index is 1.51. The molecule has 0 atom stereocenters. The van der Waals surface area contributed by atoms with E-state index in [4.69, 9.17) is 0 Å². The fourth-order valence-corrected chi connectivity index (χ4v) is 3.44. The third-order valence-corrected chi connectivity index (χ3v) is 4.89. The van der Waals surface area contributed by atoms with Crippen molar-refractivity contribution in [1.82, 2.24) is 9.36 Å². The molecule has 1 N–H and O–H groups in total. The largest absolute Gasteiger partial charge is 0.356 e. The van der Waals surface area contributed by atoms with Gasteiger partial charge < -0.3 is 5.32 Å². The highest BCUT2D eigenvalue weighted by molar-refractivity contribution is 7.98. The fourth-order valence-electron chi connectivity index (χ4n) is 1.95. The van der Waals surface area contributed by atoms with Gasteiger partial charge in [-0.05, 0) is 18.1 Å². The molecule has 0 bridgehead atoms. The Morgan fingerprint density at radius 1 is 1.00 bits per heavy atom. The number of hydrogen-bond donors (Lipinski definition) is 1. The topological polar surface area (TPSA) is 37.8 Å². The maximum Gasteiger partial charge on any atom is 0.203 e. The summed E-state index contributed by atoms with van der Waals surface area (Å²) in [6.07, 6.45) is 0. The van der Waals surface area contributed by atoms with Crippen LogP contribution in [-0.2, 0) is 12.3 Å². The van der Waals surface area contributed by atoms with Gasteiger partial charge in [0.1, 0.15) is 0 Å². The lowest BCUT2D eigenvalue weighted by molar-refractivity contribution is 1.05. The van der Waals surface area contributed by atoms with Crippen molar-refractivity contribution < 1.29 is 0 Å². The zero-order valence-electron chi connectivity index (χ0n) is 12.3. The zero-order valence-corrected chi connectivity index (χ0v) is 14.0. The molecule has 3 rings (SSSR count). The van der Waals surface area contributed by atoms with E-state index in [-0.39, 0.29) is 0 Å². The molecule has 0 aliphatic rings. The first-order valence-corrected chi connectivity index (χ1v) is 8.85. The molecule has 2 aromatic carbocycles. The summed E-state index contributed by atoms with van der Waals surface area (Å²) >= 11 is 3.08. The lowest BCUT2D eigenvalue weighted by atomic mass is 10.1. The van der Waals surface area contributed by atoms with Gasteiger partial charge in [0.25, 0.3) is 0 Å². The Morgan fingerprint density at radius 3 is 2.55 bits per heavy atom. The van der Waals surface area contributed by atoms with E-state index in [9.17, 15) is 0 Å². The zero-order chi connectivity index (χ0) is 15.2. The van der Waals surface area contributed by atoms with E-state index in [2.05, 4.69) is 70.1 Å². The van der Waals surface area contributed by atoms with Gasteiger partial charge in [-0.25, -0.2) is 0 Å². The van der Waals surface area contributed by atoms with Crippen molar-refractivity contribution in [3.8, 4) is 0 Å². The van der Waals surface area contributed by atoms with E-state index >= 15 is 0 Å². The van der Waals surface area contributed by atoms with Crippen LogP contribution in [0.3, 0.4) is 0 Å².